The van der Waals surface area contributed by atoms with Crippen LogP contribution in [0.25, 0.3) is 22.5 Å². The summed E-state index contributed by atoms with van der Waals surface area (Å²) in [6.45, 7) is 2.62. The molecule has 1 aromatic heterocycles. The van der Waals surface area contributed by atoms with Gasteiger partial charge >= 0.3 is 0 Å². The van der Waals surface area contributed by atoms with Gasteiger partial charge in [0.15, 0.2) is 0 Å². The third-order valence-electron chi connectivity index (χ3n) is 6.02. The van der Waals surface area contributed by atoms with Crippen LogP contribution in [0.15, 0.2) is 60.9 Å². The number of aromatic nitrogens is 2. The van der Waals surface area contributed by atoms with Gasteiger partial charge in [-0.3, -0.25) is 4.79 Å². The summed E-state index contributed by atoms with van der Waals surface area (Å²) in [5.41, 5.74) is 3.11. The van der Waals surface area contributed by atoms with E-state index in [-0.39, 0.29) is 5.82 Å². The Morgan fingerprint density at radius 1 is 0.966 bits per heavy atom. The lowest BCUT2D eigenvalue weighted by Crippen LogP contribution is -2.30. The summed E-state index contributed by atoms with van der Waals surface area (Å²) >= 11 is 0. The van der Waals surface area contributed by atoms with Crippen LogP contribution < -0.4 is 0 Å². The third kappa shape index (κ3) is 3.82. The Labute approximate surface area is 170 Å². The summed E-state index contributed by atoms with van der Waals surface area (Å²) in [5, 5.41) is 0. The van der Waals surface area contributed by atoms with Gasteiger partial charge in [-0.05, 0) is 48.4 Å². The average molecular weight is 389 g/mol. The molecule has 1 aliphatic carbocycles. The zero-order valence-electron chi connectivity index (χ0n) is 16.3. The average Bonchev–Trinajstić information content (AvgIpc) is 3.32. The Morgan fingerprint density at radius 3 is 2.31 bits per heavy atom. The summed E-state index contributed by atoms with van der Waals surface area (Å²) in [4.78, 5) is 18.9. The van der Waals surface area contributed by atoms with Gasteiger partial charge in [-0.25, -0.2) is 9.37 Å². The Balaban J connectivity index is 1.29. The fourth-order valence-corrected chi connectivity index (χ4v) is 4.22. The molecule has 2 heterocycles. The van der Waals surface area contributed by atoms with Gasteiger partial charge in [0.05, 0.1) is 0 Å². The fraction of sp³-hybridized carbons (Fsp3) is 0.333. The molecule has 5 heteroatoms. The summed E-state index contributed by atoms with van der Waals surface area (Å²) in [6.07, 6.45) is 7.05. The van der Waals surface area contributed by atoms with Gasteiger partial charge in [0, 0.05) is 43.5 Å². The van der Waals surface area contributed by atoms with Crippen molar-refractivity contribution in [3.8, 4) is 22.5 Å². The highest BCUT2D eigenvalue weighted by Gasteiger charge is 2.36. The van der Waals surface area contributed by atoms with E-state index in [0.717, 1.165) is 61.4 Å². The van der Waals surface area contributed by atoms with Crippen molar-refractivity contribution in [2.45, 2.75) is 25.8 Å². The summed E-state index contributed by atoms with van der Waals surface area (Å²) in [7, 11) is 0. The molecule has 0 N–H and O–H groups in total. The number of benzene rings is 2. The first-order valence-electron chi connectivity index (χ1n) is 10.3. The second-order valence-electron chi connectivity index (χ2n) is 8.20. The molecule has 1 aliphatic heterocycles. The van der Waals surface area contributed by atoms with E-state index < -0.39 is 0 Å². The van der Waals surface area contributed by atoms with Crippen molar-refractivity contribution in [2.24, 2.45) is 11.8 Å². The molecule has 4 nitrogen and oxygen atoms in total. The molecule has 2 fully saturated rings. The number of rotatable bonds is 5. The van der Waals surface area contributed by atoms with Crippen molar-refractivity contribution in [2.75, 3.05) is 13.1 Å². The van der Waals surface area contributed by atoms with E-state index in [1.54, 1.807) is 12.1 Å². The molecule has 2 aromatic carbocycles. The van der Waals surface area contributed by atoms with Crippen LogP contribution >= 0.6 is 0 Å². The molecule has 148 valence electrons. The maximum absolute atomic E-state index is 13.1. The van der Waals surface area contributed by atoms with Crippen LogP contribution in [0.5, 0.6) is 0 Å². The molecule has 0 radical (unpaired) electrons. The third-order valence-corrected chi connectivity index (χ3v) is 6.02. The molecule has 1 saturated heterocycles. The molecular weight excluding hydrogens is 365 g/mol. The lowest BCUT2D eigenvalue weighted by Gasteiger charge is -2.17. The monoisotopic (exact) mass is 389 g/mol. The molecule has 0 spiro atoms. The molecule has 1 saturated carbocycles. The number of halogens is 1. The van der Waals surface area contributed by atoms with Gasteiger partial charge < -0.3 is 9.47 Å². The molecule has 0 bridgehead atoms. The number of amides is 1. The molecule has 29 heavy (non-hydrogen) atoms. The Hall–Kier alpha value is -2.95. The van der Waals surface area contributed by atoms with Crippen molar-refractivity contribution in [1.82, 2.24) is 14.5 Å². The normalized spacial score (nSPS) is 18.9. The number of carbonyl (C=O) groups excluding carboxylic acids is 1. The summed E-state index contributed by atoms with van der Waals surface area (Å²) < 4.78 is 15.3. The fourth-order valence-electron chi connectivity index (χ4n) is 4.22. The highest BCUT2D eigenvalue weighted by Crippen LogP contribution is 2.33. The first-order chi connectivity index (χ1) is 14.2. The van der Waals surface area contributed by atoms with E-state index >= 15 is 0 Å². The minimum atomic E-state index is -0.225. The number of carbonyl (C=O) groups is 1. The van der Waals surface area contributed by atoms with Crippen LogP contribution in [0.2, 0.25) is 0 Å². The molecule has 3 aromatic rings. The van der Waals surface area contributed by atoms with Crippen LogP contribution in [0, 0.1) is 17.7 Å². The maximum atomic E-state index is 13.1. The summed E-state index contributed by atoms with van der Waals surface area (Å²) in [5.74, 6) is 1.86. The molecular formula is C24H24FN3O. The molecule has 1 amide bonds. The van der Waals surface area contributed by atoms with Crippen molar-refractivity contribution in [1.29, 1.82) is 0 Å². The van der Waals surface area contributed by atoms with E-state index in [4.69, 9.17) is 0 Å². The lowest BCUT2D eigenvalue weighted by molar-refractivity contribution is -0.131. The molecule has 1 atom stereocenters. The number of imidazole rings is 1. The molecule has 0 unspecified atom stereocenters. The largest absolute Gasteiger partial charge is 0.342 e. The van der Waals surface area contributed by atoms with Gasteiger partial charge in [-0.15, -0.1) is 0 Å². The zero-order valence-corrected chi connectivity index (χ0v) is 16.3. The number of hydrogen-bond acceptors (Lipinski definition) is 2. The van der Waals surface area contributed by atoms with Crippen molar-refractivity contribution < 1.29 is 9.18 Å². The topological polar surface area (TPSA) is 38.1 Å². The van der Waals surface area contributed by atoms with E-state index in [1.807, 2.05) is 24.5 Å². The lowest BCUT2D eigenvalue weighted by atomic mass is 10.0. The second-order valence-corrected chi connectivity index (χ2v) is 8.20. The van der Waals surface area contributed by atoms with Crippen LogP contribution in [-0.4, -0.2) is 33.4 Å². The number of hydrogen-bond donors (Lipinski definition) is 0. The van der Waals surface area contributed by atoms with Crippen LogP contribution in [0.4, 0.5) is 4.39 Å². The van der Waals surface area contributed by atoms with Crippen LogP contribution in [-0.2, 0) is 11.3 Å². The number of likely N-dealkylation sites (tertiary alicyclic amines) is 1. The first-order valence-corrected chi connectivity index (χ1v) is 10.3. The van der Waals surface area contributed by atoms with Gasteiger partial charge in [0.2, 0.25) is 5.91 Å². The first kappa shape index (κ1) is 18.1. The van der Waals surface area contributed by atoms with Crippen molar-refractivity contribution in [3.63, 3.8) is 0 Å². The van der Waals surface area contributed by atoms with Gasteiger partial charge in [-0.2, -0.15) is 0 Å². The van der Waals surface area contributed by atoms with Gasteiger partial charge in [0.1, 0.15) is 11.6 Å². The molecule has 2 aliphatic rings. The van der Waals surface area contributed by atoms with Crippen LogP contribution in [0.3, 0.4) is 0 Å². The van der Waals surface area contributed by atoms with E-state index in [2.05, 4.69) is 26.6 Å². The predicted octanol–water partition coefficient (Wildman–Crippen LogP) is 4.61. The highest BCUT2D eigenvalue weighted by atomic mass is 19.1. The maximum Gasteiger partial charge on any atom is 0.225 e. The summed E-state index contributed by atoms with van der Waals surface area (Å²) in [6, 6.07) is 14.8. The zero-order chi connectivity index (χ0) is 19.8. The Kier molecular flexibility index (Phi) is 4.66. The van der Waals surface area contributed by atoms with Crippen molar-refractivity contribution >= 4 is 5.91 Å². The number of nitrogens with zero attached hydrogens (tertiary/aromatic N) is 3. The van der Waals surface area contributed by atoms with E-state index in [1.165, 1.54) is 12.1 Å². The SMILES string of the molecule is O=C(C1CC1)N1CC[C@@H](Cn2ccnc2-c2ccc(-c3ccc(F)cc3)cc2)C1. The minimum Gasteiger partial charge on any atom is -0.342 e. The van der Waals surface area contributed by atoms with E-state index in [9.17, 15) is 9.18 Å². The van der Waals surface area contributed by atoms with E-state index in [0.29, 0.717) is 17.7 Å². The minimum absolute atomic E-state index is 0.225. The second kappa shape index (κ2) is 7.47. The Bertz CT molecular complexity index is 1010. The predicted molar refractivity (Wildman–Crippen MR) is 110 cm³/mol. The highest BCUT2D eigenvalue weighted by molar-refractivity contribution is 5.81. The smallest absolute Gasteiger partial charge is 0.225 e. The van der Waals surface area contributed by atoms with Crippen molar-refractivity contribution in [3.05, 3.63) is 66.7 Å². The van der Waals surface area contributed by atoms with Gasteiger partial charge in [-0.1, -0.05) is 36.4 Å². The standard InChI is InChI=1S/C24H24FN3O/c25-22-9-7-19(8-10-22)18-1-3-20(4-2-18)23-26-12-14-27(23)15-17-11-13-28(16-17)24(29)21-5-6-21/h1-4,7-10,12,14,17,21H,5-6,11,13,15-16H2/t17-/m0/s1. The molecule has 5 rings (SSSR count). The van der Waals surface area contributed by atoms with Gasteiger partial charge in [0.25, 0.3) is 0 Å². The van der Waals surface area contributed by atoms with Crippen LogP contribution in [0.1, 0.15) is 19.3 Å². The Morgan fingerprint density at radius 2 is 1.62 bits per heavy atom. The quantitative estimate of drug-likeness (QED) is 0.639.